The van der Waals surface area contributed by atoms with Crippen molar-refractivity contribution in [3.63, 3.8) is 0 Å². The Morgan fingerprint density at radius 2 is 2.00 bits per heavy atom. The Balaban J connectivity index is 2.88. The topological polar surface area (TPSA) is 20.2 Å². The zero-order valence-corrected chi connectivity index (χ0v) is 6.25. The van der Waals surface area contributed by atoms with Crippen molar-refractivity contribution in [3.05, 3.63) is 27.8 Å². The van der Waals surface area contributed by atoms with Crippen LogP contribution in [-0.4, -0.2) is 6.54 Å². The highest BCUT2D eigenvalue weighted by atomic mass is 127. The molecular formula is C6H5IO. The van der Waals surface area contributed by atoms with E-state index in [1.807, 2.05) is 12.1 Å². The highest BCUT2D eigenvalue weighted by Gasteiger charge is 1.83. The molecule has 0 fully saturated rings. The number of benzene rings is 1. The summed E-state index contributed by atoms with van der Waals surface area (Å²) in [7, 11) is 0. The molecular weight excluding hydrogens is 215 g/mol. The molecule has 0 spiro atoms. The van der Waals surface area contributed by atoms with Gasteiger partial charge in [0.2, 0.25) is 0 Å². The third-order valence-electron chi connectivity index (χ3n) is 0.814. The molecule has 1 N–H and O–H groups in total. The number of aromatic hydroxyl groups is 1. The van der Waals surface area contributed by atoms with Gasteiger partial charge in [-0.15, -0.1) is 0 Å². The number of rotatable bonds is 1. The van der Waals surface area contributed by atoms with Gasteiger partial charge in [-0.05, 0) is 46.9 Å². The van der Waals surface area contributed by atoms with Crippen LogP contribution in [0.1, 0.15) is 0 Å². The van der Waals surface area contributed by atoms with Gasteiger partial charge in [0.1, 0.15) is 5.75 Å². The molecule has 1 nitrogen and oxygen atoms in total. The number of phenols is 1. The van der Waals surface area contributed by atoms with Crippen LogP contribution in [0.3, 0.4) is 0 Å². The van der Waals surface area contributed by atoms with Crippen molar-refractivity contribution in [2.45, 2.75) is 0 Å². The predicted octanol–water partition coefficient (Wildman–Crippen LogP) is 2.00. The minimum Gasteiger partial charge on any atom is -0.508 e. The average Bonchev–Trinajstić information content (AvgIpc) is 1.90. The fourth-order valence-electron chi connectivity index (χ4n) is 0.435. The summed E-state index contributed by atoms with van der Waals surface area (Å²) >= 11 is 2.20. The first-order chi connectivity index (χ1) is 4.33. The zero-order valence-electron chi connectivity index (χ0n) is 5.10. The van der Waals surface area contributed by atoms with Crippen LogP contribution >= 0.6 is 22.6 Å². The Morgan fingerprint density at radius 1 is 1.38 bits per heavy atom. The molecule has 0 saturated carbocycles. The molecule has 0 heterocycles. The summed E-state index contributed by atoms with van der Waals surface area (Å²) in [5.74, 6) is 0.579. The van der Waals surface area contributed by atoms with E-state index in [4.69, 9.17) is 1.43 Å². The molecule has 1 aromatic rings. The maximum Gasteiger partial charge on any atom is 0.293 e. The molecule has 0 aliphatic rings. The van der Waals surface area contributed by atoms with Crippen molar-refractivity contribution in [3.8, 4) is 5.75 Å². The van der Waals surface area contributed by atoms with Crippen molar-refractivity contribution in [2.75, 3.05) is 0 Å². The van der Waals surface area contributed by atoms with E-state index < -0.39 is 0 Å². The van der Waals surface area contributed by atoms with E-state index in [0.717, 1.165) is 3.57 Å². The maximum absolute atomic E-state index is 6.51. The van der Waals surface area contributed by atoms with Gasteiger partial charge in [0.25, 0.3) is 1.43 Å². The number of hydrogen-bond acceptors (Lipinski definition) is 1. The third-order valence-corrected chi connectivity index (χ3v) is 1.53. The fraction of sp³-hybridized carbons (Fsp3) is 0. The smallest absolute Gasteiger partial charge is 0.293 e. The molecule has 1 rings (SSSR count). The Labute approximate surface area is 63.0 Å². The summed E-state index contributed by atoms with van der Waals surface area (Å²) in [4.78, 5) is 0. The second-order valence-electron chi connectivity index (χ2n) is 1.45. The highest BCUT2D eigenvalue weighted by molar-refractivity contribution is 14.1. The fourth-order valence-corrected chi connectivity index (χ4v) is 0.794. The van der Waals surface area contributed by atoms with Crippen molar-refractivity contribution in [1.29, 1.82) is 1.43 Å². The van der Waals surface area contributed by atoms with Crippen LogP contribution in [0.5, 0.6) is 5.75 Å². The molecule has 1 aromatic carbocycles. The van der Waals surface area contributed by atoms with E-state index in [0.29, 0.717) is 5.75 Å². The molecule has 8 heavy (non-hydrogen) atoms. The zero-order chi connectivity index (χ0) is 6.69. The van der Waals surface area contributed by atoms with Crippen LogP contribution < -0.4 is 0 Å². The van der Waals surface area contributed by atoms with Crippen LogP contribution in [0.25, 0.3) is 0 Å². The largest absolute Gasteiger partial charge is 0.508 e. The normalized spacial score (nSPS) is 10.4. The highest BCUT2D eigenvalue weighted by Crippen LogP contribution is 2.10. The molecule has 0 unspecified atom stereocenters. The van der Waals surface area contributed by atoms with Gasteiger partial charge in [0, 0.05) is 3.57 Å². The average molecular weight is 222 g/mol. The van der Waals surface area contributed by atoms with E-state index >= 15 is 0 Å². The van der Waals surface area contributed by atoms with E-state index in [2.05, 4.69) is 27.7 Å². The van der Waals surface area contributed by atoms with Gasteiger partial charge in [-0.3, -0.25) is 0 Å². The summed E-state index contributed by atoms with van der Waals surface area (Å²) < 4.78 is 7.66. The minimum atomic E-state index is 0.579. The van der Waals surface area contributed by atoms with Crippen LogP contribution in [0.15, 0.2) is 24.3 Å². The molecule has 0 amide bonds. The van der Waals surface area contributed by atoms with Crippen LogP contribution in [0.4, 0.5) is 0 Å². The van der Waals surface area contributed by atoms with Gasteiger partial charge in [0.05, 0.1) is 0 Å². The van der Waals surface area contributed by atoms with Crippen molar-refractivity contribution in [2.24, 2.45) is 0 Å². The Morgan fingerprint density at radius 3 is 2.50 bits per heavy atom. The lowest BCUT2D eigenvalue weighted by molar-refractivity contribution is 0.475. The van der Waals surface area contributed by atoms with E-state index in [1.165, 1.54) is 0 Å². The number of phenolic OH excluding ortho intramolecular Hbond substituents is 1. The summed E-state index contributed by atoms with van der Waals surface area (Å²) in [6.07, 6.45) is 0. The molecule has 0 atom stereocenters. The van der Waals surface area contributed by atoms with Gasteiger partial charge >= 0.3 is 0 Å². The predicted molar refractivity (Wildman–Crippen MR) is 40.8 cm³/mol. The van der Waals surface area contributed by atoms with Gasteiger partial charge in [-0.25, -0.2) is 0 Å². The Hall–Kier alpha value is -0.250. The quantitative estimate of drug-likeness (QED) is 0.720. The molecule has 0 aromatic heterocycles. The molecule has 2 heteroatoms. The molecule has 0 aliphatic carbocycles. The standard InChI is InChI=1S/C6H5IO/c7-5-1-3-6(8)4-2-5/h1-4,8H/i/hT. The van der Waals surface area contributed by atoms with Gasteiger partial charge in [-0.1, -0.05) is 0 Å². The second-order valence-corrected chi connectivity index (χ2v) is 2.70. The van der Waals surface area contributed by atoms with E-state index in [9.17, 15) is 0 Å². The van der Waals surface area contributed by atoms with Crippen molar-refractivity contribution in [1.82, 2.24) is 0 Å². The van der Waals surface area contributed by atoms with Crippen LogP contribution in [0.2, 0.25) is 0 Å². The second kappa shape index (κ2) is 2.35. The third kappa shape index (κ3) is 1.36. The summed E-state index contributed by atoms with van der Waals surface area (Å²) in [5, 5.41) is 4.22. The molecule has 0 aliphatic heterocycles. The molecule has 0 bridgehead atoms. The van der Waals surface area contributed by atoms with Crippen LogP contribution in [-0.2, 0) is 0 Å². The first-order valence-corrected chi connectivity index (χ1v) is 3.29. The lowest BCUT2D eigenvalue weighted by Gasteiger charge is -1.87. The van der Waals surface area contributed by atoms with Crippen LogP contribution in [0, 0.1) is 3.57 Å². The molecule has 42 valence electrons. The van der Waals surface area contributed by atoms with Crippen molar-refractivity contribution >= 4 is 22.6 Å². The molecule has 0 radical (unpaired) electrons. The summed E-state index contributed by atoms with van der Waals surface area (Å²) in [5.41, 5.74) is 0. The number of halogens is 1. The summed E-state index contributed by atoms with van der Waals surface area (Å²) in [6.45, 7) is 0. The summed E-state index contributed by atoms with van der Waals surface area (Å²) in [6, 6.07) is 7.30. The Bertz CT molecular complexity index is 185. The van der Waals surface area contributed by atoms with Gasteiger partial charge in [-0.2, -0.15) is 0 Å². The van der Waals surface area contributed by atoms with E-state index in [-0.39, 0.29) is 0 Å². The minimum absolute atomic E-state index is 0.579. The SMILES string of the molecule is [3H]Oc1ccc(I)cc1. The van der Waals surface area contributed by atoms with Gasteiger partial charge in [0.15, 0.2) is 0 Å². The van der Waals surface area contributed by atoms with Gasteiger partial charge < -0.3 is 5.11 Å². The number of hydrogen-bond donors (Lipinski definition) is 1. The lowest BCUT2D eigenvalue weighted by atomic mass is 10.3. The first kappa shape index (κ1) is 4.61. The first-order valence-electron chi connectivity index (χ1n) is 2.62. The van der Waals surface area contributed by atoms with Crippen molar-refractivity contribution < 1.29 is 5.11 Å². The lowest BCUT2D eigenvalue weighted by Crippen LogP contribution is -1.65. The Kier molecular flexibility index (Phi) is 1.35. The van der Waals surface area contributed by atoms with E-state index in [1.54, 1.807) is 12.1 Å². The molecule has 0 saturated heterocycles. The monoisotopic (exact) mass is 222 g/mol. The maximum atomic E-state index is 6.51.